The van der Waals surface area contributed by atoms with E-state index in [1.807, 2.05) is 12.1 Å². The van der Waals surface area contributed by atoms with Gasteiger partial charge in [0.1, 0.15) is 23.0 Å². The lowest BCUT2D eigenvalue weighted by atomic mass is 9.90. The van der Waals surface area contributed by atoms with Crippen molar-refractivity contribution in [2.45, 2.75) is 38.2 Å². The lowest BCUT2D eigenvalue weighted by Gasteiger charge is -2.21. The van der Waals surface area contributed by atoms with E-state index >= 15 is 0 Å². The second-order valence-electron chi connectivity index (χ2n) is 7.82. The van der Waals surface area contributed by atoms with E-state index in [0.29, 0.717) is 45.4 Å². The quantitative estimate of drug-likeness (QED) is 0.515. The van der Waals surface area contributed by atoms with Crippen molar-refractivity contribution in [2.24, 2.45) is 5.92 Å². The molecule has 0 aliphatic heterocycles. The maximum atomic E-state index is 13.1. The molecule has 0 radical (unpaired) electrons. The number of hydrogen-bond acceptors (Lipinski definition) is 4. The van der Waals surface area contributed by atoms with E-state index in [1.165, 1.54) is 38.4 Å². The second-order valence-corrected chi connectivity index (χ2v) is 8.26. The van der Waals surface area contributed by atoms with Gasteiger partial charge >= 0.3 is 0 Å². The van der Waals surface area contributed by atoms with Gasteiger partial charge in [0, 0.05) is 5.02 Å². The zero-order valence-electron chi connectivity index (χ0n) is 16.7. The first-order valence-corrected chi connectivity index (χ1v) is 10.8. The molecule has 1 aliphatic rings. The van der Waals surface area contributed by atoms with E-state index in [1.54, 1.807) is 42.5 Å². The topological polar surface area (TPSA) is 59.7 Å². The molecule has 1 N–H and O–H groups in total. The van der Waals surface area contributed by atoms with Gasteiger partial charge in [-0.1, -0.05) is 55.1 Å². The van der Waals surface area contributed by atoms with Crippen LogP contribution < -0.4 is 10.2 Å². The van der Waals surface area contributed by atoms with E-state index < -0.39 is 6.10 Å². The van der Waals surface area contributed by atoms with Crippen LogP contribution in [0.2, 0.25) is 5.02 Å². The Labute approximate surface area is 180 Å². The van der Waals surface area contributed by atoms with Crippen LogP contribution in [-0.4, -0.2) is 11.7 Å². The maximum absolute atomic E-state index is 13.1. The third kappa shape index (κ3) is 4.77. The Morgan fingerprint density at radius 3 is 2.67 bits per heavy atom. The molecule has 1 aromatic heterocycles. The monoisotopic (exact) mass is 424 g/mol. The van der Waals surface area contributed by atoms with Crippen LogP contribution in [0.4, 0.5) is 0 Å². The molecule has 5 heteroatoms. The highest BCUT2D eigenvalue weighted by molar-refractivity contribution is 6.30. The van der Waals surface area contributed by atoms with Gasteiger partial charge in [0.05, 0.1) is 18.3 Å². The standard InChI is InChI=1S/C25H25ClO4/c26-20-12-9-18(10-13-20)21(27)14-11-19-16-30-23-8-4-7-22(24(23)25(19)28)29-15-17-5-2-1-3-6-17/h4,7-14,16-17,21,27H,1-3,5-6,15H2/b14-11+. The lowest BCUT2D eigenvalue weighted by Crippen LogP contribution is -2.16. The zero-order valence-corrected chi connectivity index (χ0v) is 17.5. The molecule has 156 valence electrons. The molecule has 30 heavy (non-hydrogen) atoms. The molecule has 0 saturated heterocycles. The van der Waals surface area contributed by atoms with Crippen molar-refractivity contribution >= 4 is 28.6 Å². The number of halogens is 1. The average molecular weight is 425 g/mol. The molecule has 0 spiro atoms. The number of rotatable bonds is 6. The van der Waals surface area contributed by atoms with Crippen molar-refractivity contribution < 1.29 is 14.3 Å². The predicted molar refractivity (Wildman–Crippen MR) is 120 cm³/mol. The Balaban J connectivity index is 1.57. The maximum Gasteiger partial charge on any atom is 0.203 e. The molecular weight excluding hydrogens is 400 g/mol. The van der Waals surface area contributed by atoms with E-state index in [-0.39, 0.29) is 5.43 Å². The molecular formula is C25H25ClO4. The van der Waals surface area contributed by atoms with Gasteiger partial charge in [-0.3, -0.25) is 4.79 Å². The van der Waals surface area contributed by atoms with Gasteiger partial charge in [0.2, 0.25) is 5.43 Å². The van der Waals surface area contributed by atoms with Crippen LogP contribution >= 0.6 is 11.6 Å². The molecule has 1 aliphatic carbocycles. The van der Waals surface area contributed by atoms with E-state index in [4.69, 9.17) is 20.8 Å². The van der Waals surface area contributed by atoms with Crippen LogP contribution in [0.3, 0.4) is 0 Å². The third-order valence-corrected chi connectivity index (χ3v) is 5.91. The molecule has 0 bridgehead atoms. The third-order valence-electron chi connectivity index (χ3n) is 5.66. The number of fused-ring (bicyclic) bond motifs is 1. The van der Waals surface area contributed by atoms with E-state index in [0.717, 1.165) is 0 Å². The molecule has 1 atom stereocenters. The molecule has 1 fully saturated rings. The van der Waals surface area contributed by atoms with Crippen LogP contribution in [0.25, 0.3) is 17.0 Å². The van der Waals surface area contributed by atoms with Gasteiger partial charge in [-0.15, -0.1) is 0 Å². The molecule has 1 unspecified atom stereocenters. The van der Waals surface area contributed by atoms with Gasteiger partial charge in [-0.2, -0.15) is 0 Å². The summed E-state index contributed by atoms with van der Waals surface area (Å²) in [6, 6.07) is 12.3. The van der Waals surface area contributed by atoms with Crippen LogP contribution in [0.15, 0.2) is 64.0 Å². The highest BCUT2D eigenvalue weighted by atomic mass is 35.5. The summed E-state index contributed by atoms with van der Waals surface area (Å²) < 4.78 is 11.7. The molecule has 4 rings (SSSR count). The first kappa shape index (κ1) is 20.7. The highest BCUT2D eigenvalue weighted by Gasteiger charge is 2.16. The summed E-state index contributed by atoms with van der Waals surface area (Å²) in [5, 5.41) is 11.4. The minimum atomic E-state index is -0.852. The number of hydrogen-bond donors (Lipinski definition) is 1. The van der Waals surface area contributed by atoms with Gasteiger partial charge < -0.3 is 14.3 Å². The predicted octanol–water partition coefficient (Wildman–Crippen LogP) is 6.15. The van der Waals surface area contributed by atoms with Crippen LogP contribution in [-0.2, 0) is 0 Å². The van der Waals surface area contributed by atoms with Crippen molar-refractivity contribution in [3.8, 4) is 5.75 Å². The van der Waals surface area contributed by atoms with Gasteiger partial charge in [-0.25, -0.2) is 0 Å². The molecule has 1 saturated carbocycles. The minimum absolute atomic E-state index is 0.171. The van der Waals surface area contributed by atoms with Crippen molar-refractivity contribution in [1.29, 1.82) is 0 Å². The fourth-order valence-electron chi connectivity index (χ4n) is 3.92. The van der Waals surface area contributed by atoms with E-state index in [2.05, 4.69) is 0 Å². The Hall–Kier alpha value is -2.56. The summed E-state index contributed by atoms with van der Waals surface area (Å²) in [5.41, 5.74) is 1.38. The summed E-state index contributed by atoms with van der Waals surface area (Å²) >= 11 is 5.89. The molecule has 3 aromatic rings. The smallest absolute Gasteiger partial charge is 0.203 e. The van der Waals surface area contributed by atoms with Crippen molar-refractivity contribution in [3.05, 3.63) is 81.2 Å². The summed E-state index contributed by atoms with van der Waals surface area (Å²) in [6.07, 6.45) is 9.86. The summed E-state index contributed by atoms with van der Waals surface area (Å²) in [7, 11) is 0. The van der Waals surface area contributed by atoms with Gasteiger partial charge in [-0.05, 0) is 54.7 Å². The van der Waals surface area contributed by atoms with Crippen LogP contribution in [0.5, 0.6) is 5.75 Å². The molecule has 2 aromatic carbocycles. The Kier molecular flexibility index (Phi) is 6.56. The number of aliphatic hydroxyl groups is 1. The molecule has 1 heterocycles. The van der Waals surface area contributed by atoms with Crippen molar-refractivity contribution in [3.63, 3.8) is 0 Å². The Bertz CT molecular complexity index is 1080. The number of benzene rings is 2. The highest BCUT2D eigenvalue weighted by Crippen LogP contribution is 2.28. The van der Waals surface area contributed by atoms with Crippen LogP contribution in [0.1, 0.15) is 49.3 Å². The van der Waals surface area contributed by atoms with Gasteiger partial charge in [0.25, 0.3) is 0 Å². The Morgan fingerprint density at radius 1 is 1.13 bits per heavy atom. The summed E-state index contributed by atoms with van der Waals surface area (Å²) in [6.45, 7) is 0.619. The number of aliphatic hydroxyl groups excluding tert-OH is 1. The second kappa shape index (κ2) is 9.50. The molecule has 0 amide bonds. The van der Waals surface area contributed by atoms with E-state index in [9.17, 15) is 9.90 Å². The SMILES string of the molecule is O=c1c(/C=C/C(O)c2ccc(Cl)cc2)coc2cccc(OCC3CCCCC3)c12. The summed E-state index contributed by atoms with van der Waals surface area (Å²) in [5.74, 6) is 1.10. The van der Waals surface area contributed by atoms with Crippen molar-refractivity contribution in [2.75, 3.05) is 6.61 Å². The number of ether oxygens (including phenoxy) is 1. The lowest BCUT2D eigenvalue weighted by molar-refractivity contribution is 0.210. The van der Waals surface area contributed by atoms with Gasteiger partial charge in [0.15, 0.2) is 0 Å². The zero-order chi connectivity index (χ0) is 20.9. The molecule has 4 nitrogen and oxygen atoms in total. The van der Waals surface area contributed by atoms with Crippen molar-refractivity contribution in [1.82, 2.24) is 0 Å². The largest absolute Gasteiger partial charge is 0.492 e. The first-order chi connectivity index (χ1) is 14.6. The minimum Gasteiger partial charge on any atom is -0.492 e. The average Bonchev–Trinajstić information content (AvgIpc) is 2.78. The first-order valence-electron chi connectivity index (χ1n) is 10.4. The normalized spacial score (nSPS) is 16.2. The Morgan fingerprint density at radius 2 is 1.90 bits per heavy atom. The fraction of sp³-hybridized carbons (Fsp3) is 0.320. The van der Waals surface area contributed by atoms with Crippen LogP contribution in [0, 0.1) is 5.92 Å². The fourth-order valence-corrected chi connectivity index (χ4v) is 4.05. The summed E-state index contributed by atoms with van der Waals surface area (Å²) in [4.78, 5) is 13.1.